The van der Waals surface area contributed by atoms with Crippen LogP contribution in [0.15, 0.2) is 36.7 Å². The van der Waals surface area contributed by atoms with Gasteiger partial charge in [0.15, 0.2) is 0 Å². The van der Waals surface area contributed by atoms with E-state index in [0.717, 1.165) is 11.1 Å². The van der Waals surface area contributed by atoms with Crippen molar-refractivity contribution in [3.8, 4) is 17.0 Å². The lowest BCUT2D eigenvalue weighted by Crippen LogP contribution is -1.93. The van der Waals surface area contributed by atoms with Crippen LogP contribution in [0.4, 0.5) is 4.39 Å². The van der Waals surface area contributed by atoms with Crippen LogP contribution < -0.4 is 4.74 Å². The highest BCUT2D eigenvalue weighted by Gasteiger charge is 2.07. The second-order valence-electron chi connectivity index (χ2n) is 2.93. The number of aromatic nitrogens is 2. The minimum Gasteiger partial charge on any atom is -0.480 e. The molecule has 0 amide bonds. The zero-order valence-corrected chi connectivity index (χ0v) is 8.14. The molecule has 76 valence electrons. The van der Waals surface area contributed by atoms with Gasteiger partial charge in [-0.1, -0.05) is 0 Å². The Hall–Kier alpha value is -1.97. The molecule has 3 nitrogen and oxygen atoms in total. The average Bonchev–Trinajstić information content (AvgIpc) is 2.30. The number of pyridine rings is 2. The van der Waals surface area contributed by atoms with Gasteiger partial charge in [-0.15, -0.1) is 0 Å². The summed E-state index contributed by atoms with van der Waals surface area (Å²) in [4.78, 5) is 7.57. The van der Waals surface area contributed by atoms with E-state index in [-0.39, 0.29) is 5.88 Å². The molecule has 15 heavy (non-hydrogen) atoms. The van der Waals surface area contributed by atoms with Crippen LogP contribution in [0.2, 0.25) is 0 Å². The molecule has 2 rings (SSSR count). The van der Waals surface area contributed by atoms with Gasteiger partial charge >= 0.3 is 0 Å². The molecule has 0 saturated heterocycles. The number of nitrogens with zero attached hydrogens (tertiary/aromatic N) is 2. The van der Waals surface area contributed by atoms with E-state index in [0.29, 0.717) is 0 Å². The fourth-order valence-electron chi connectivity index (χ4n) is 1.32. The third-order valence-corrected chi connectivity index (χ3v) is 2.01. The highest BCUT2D eigenvalue weighted by molar-refractivity contribution is 5.67. The Labute approximate surface area is 86.6 Å². The van der Waals surface area contributed by atoms with Crippen molar-refractivity contribution in [1.82, 2.24) is 9.97 Å². The van der Waals surface area contributed by atoms with E-state index in [2.05, 4.69) is 9.97 Å². The van der Waals surface area contributed by atoms with Crippen molar-refractivity contribution in [2.45, 2.75) is 0 Å². The second-order valence-corrected chi connectivity index (χ2v) is 2.93. The fourth-order valence-corrected chi connectivity index (χ4v) is 1.32. The minimum atomic E-state index is -0.551. The largest absolute Gasteiger partial charge is 0.480 e. The first-order valence-corrected chi connectivity index (χ1v) is 4.42. The summed E-state index contributed by atoms with van der Waals surface area (Å²) in [5.74, 6) is -0.272. The Kier molecular flexibility index (Phi) is 2.58. The molecule has 0 radical (unpaired) electrons. The zero-order chi connectivity index (χ0) is 10.7. The van der Waals surface area contributed by atoms with Crippen LogP contribution >= 0.6 is 0 Å². The topological polar surface area (TPSA) is 35.0 Å². The van der Waals surface area contributed by atoms with Crippen LogP contribution in [0, 0.1) is 5.95 Å². The second kappa shape index (κ2) is 4.04. The number of hydrogen-bond acceptors (Lipinski definition) is 3. The van der Waals surface area contributed by atoms with Crippen molar-refractivity contribution < 1.29 is 9.13 Å². The van der Waals surface area contributed by atoms with E-state index in [9.17, 15) is 4.39 Å². The summed E-state index contributed by atoms with van der Waals surface area (Å²) in [6.07, 6.45) is 3.33. The van der Waals surface area contributed by atoms with Crippen LogP contribution in [-0.4, -0.2) is 17.1 Å². The highest BCUT2D eigenvalue weighted by atomic mass is 19.1. The summed E-state index contributed by atoms with van der Waals surface area (Å²) in [7, 11) is 1.46. The standard InChI is InChI=1S/C11H9FN2O/c1-15-11-9(2-3-10(12)14-11)8-4-6-13-7-5-8/h2-7H,1H3. The third-order valence-electron chi connectivity index (χ3n) is 2.01. The first kappa shape index (κ1) is 9.58. The van der Waals surface area contributed by atoms with Crippen molar-refractivity contribution in [1.29, 1.82) is 0 Å². The van der Waals surface area contributed by atoms with Gasteiger partial charge in [-0.2, -0.15) is 9.37 Å². The minimum absolute atomic E-state index is 0.279. The predicted octanol–water partition coefficient (Wildman–Crippen LogP) is 2.29. The molecule has 0 aliphatic heterocycles. The van der Waals surface area contributed by atoms with Crippen molar-refractivity contribution in [2.24, 2.45) is 0 Å². The molecule has 0 bridgehead atoms. The first-order valence-electron chi connectivity index (χ1n) is 4.42. The summed E-state index contributed by atoms with van der Waals surface area (Å²) in [5.41, 5.74) is 1.65. The number of halogens is 1. The van der Waals surface area contributed by atoms with Crippen LogP contribution in [0.25, 0.3) is 11.1 Å². The number of rotatable bonds is 2. The van der Waals surface area contributed by atoms with Gasteiger partial charge in [-0.05, 0) is 29.8 Å². The predicted molar refractivity (Wildman–Crippen MR) is 54.0 cm³/mol. The van der Waals surface area contributed by atoms with Crippen molar-refractivity contribution >= 4 is 0 Å². The fraction of sp³-hybridized carbons (Fsp3) is 0.0909. The Morgan fingerprint density at radius 1 is 1.13 bits per heavy atom. The van der Waals surface area contributed by atoms with Gasteiger partial charge in [0.05, 0.1) is 7.11 Å². The lowest BCUT2D eigenvalue weighted by Gasteiger charge is -2.06. The molecule has 4 heteroatoms. The Morgan fingerprint density at radius 2 is 1.87 bits per heavy atom. The molecule has 0 aromatic carbocycles. The molecule has 2 heterocycles. The maximum atomic E-state index is 12.8. The zero-order valence-electron chi connectivity index (χ0n) is 8.14. The molecule has 0 spiro atoms. The van der Waals surface area contributed by atoms with Crippen LogP contribution in [0.1, 0.15) is 0 Å². The molecule has 0 fully saturated rings. The van der Waals surface area contributed by atoms with E-state index < -0.39 is 5.95 Å². The molecule has 0 unspecified atom stereocenters. The maximum Gasteiger partial charge on any atom is 0.223 e. The van der Waals surface area contributed by atoms with Gasteiger partial charge in [0.25, 0.3) is 0 Å². The molecule has 0 aliphatic carbocycles. The van der Waals surface area contributed by atoms with E-state index in [1.165, 1.54) is 13.2 Å². The van der Waals surface area contributed by atoms with Crippen LogP contribution in [0.5, 0.6) is 5.88 Å². The quantitative estimate of drug-likeness (QED) is 0.704. The van der Waals surface area contributed by atoms with Crippen molar-refractivity contribution in [2.75, 3.05) is 7.11 Å². The van der Waals surface area contributed by atoms with E-state index >= 15 is 0 Å². The summed E-state index contributed by atoms with van der Waals surface area (Å²) in [6.45, 7) is 0. The summed E-state index contributed by atoms with van der Waals surface area (Å²) in [6, 6.07) is 6.57. The Balaban J connectivity index is 2.53. The Morgan fingerprint density at radius 3 is 2.53 bits per heavy atom. The monoisotopic (exact) mass is 204 g/mol. The third kappa shape index (κ3) is 1.93. The smallest absolute Gasteiger partial charge is 0.223 e. The van der Waals surface area contributed by atoms with Crippen LogP contribution in [-0.2, 0) is 0 Å². The molecule has 0 N–H and O–H groups in total. The lowest BCUT2D eigenvalue weighted by molar-refractivity contribution is 0.389. The first-order chi connectivity index (χ1) is 7.31. The van der Waals surface area contributed by atoms with Gasteiger partial charge in [0.2, 0.25) is 11.8 Å². The van der Waals surface area contributed by atoms with Gasteiger partial charge in [0, 0.05) is 18.0 Å². The molecule has 0 atom stereocenters. The van der Waals surface area contributed by atoms with E-state index in [1.54, 1.807) is 18.5 Å². The van der Waals surface area contributed by atoms with Gasteiger partial charge in [-0.25, -0.2) is 0 Å². The lowest BCUT2D eigenvalue weighted by atomic mass is 10.1. The molecular weight excluding hydrogens is 195 g/mol. The SMILES string of the molecule is COc1nc(F)ccc1-c1ccncc1. The van der Waals surface area contributed by atoms with Gasteiger partial charge in [-0.3, -0.25) is 4.98 Å². The Bertz CT molecular complexity index is 459. The number of methoxy groups -OCH3 is 1. The van der Waals surface area contributed by atoms with E-state index in [4.69, 9.17) is 4.74 Å². The summed E-state index contributed by atoms with van der Waals surface area (Å²) < 4.78 is 17.9. The van der Waals surface area contributed by atoms with Gasteiger partial charge < -0.3 is 4.74 Å². The summed E-state index contributed by atoms with van der Waals surface area (Å²) >= 11 is 0. The number of hydrogen-bond donors (Lipinski definition) is 0. The van der Waals surface area contributed by atoms with Crippen LogP contribution in [0.3, 0.4) is 0 Å². The molecule has 0 aliphatic rings. The normalized spacial score (nSPS) is 10.0. The van der Waals surface area contributed by atoms with Crippen molar-refractivity contribution in [3.05, 3.63) is 42.6 Å². The average molecular weight is 204 g/mol. The van der Waals surface area contributed by atoms with Gasteiger partial charge in [0.1, 0.15) is 0 Å². The molecule has 0 saturated carbocycles. The summed E-state index contributed by atoms with van der Waals surface area (Å²) in [5, 5.41) is 0. The molecule has 2 aromatic heterocycles. The molecule has 2 aromatic rings. The van der Waals surface area contributed by atoms with E-state index in [1.807, 2.05) is 12.1 Å². The highest BCUT2D eigenvalue weighted by Crippen LogP contribution is 2.27. The molecular formula is C11H9FN2O. The maximum absolute atomic E-state index is 12.8. The number of ether oxygens (including phenoxy) is 1. The van der Waals surface area contributed by atoms with Crippen molar-refractivity contribution in [3.63, 3.8) is 0 Å².